The SMILES string of the molecule is C1CCC(CSCCSCC2CCCCC2)CC1. The quantitative estimate of drug-likeness (QED) is 0.558. The van der Waals surface area contributed by atoms with Crippen molar-refractivity contribution in [1.82, 2.24) is 0 Å². The zero-order valence-electron chi connectivity index (χ0n) is 11.9. The molecule has 2 heteroatoms. The summed E-state index contributed by atoms with van der Waals surface area (Å²) in [4.78, 5) is 0. The molecule has 0 unspecified atom stereocenters. The van der Waals surface area contributed by atoms with Gasteiger partial charge in [0, 0.05) is 11.5 Å². The van der Waals surface area contributed by atoms with Gasteiger partial charge in [0.15, 0.2) is 0 Å². The van der Waals surface area contributed by atoms with Crippen LogP contribution in [0.15, 0.2) is 0 Å². The van der Waals surface area contributed by atoms with Gasteiger partial charge in [0.05, 0.1) is 0 Å². The number of hydrogen-bond acceptors (Lipinski definition) is 2. The average Bonchev–Trinajstić information content (AvgIpc) is 2.45. The molecule has 2 aliphatic carbocycles. The fraction of sp³-hybridized carbons (Fsp3) is 1.00. The molecule has 0 bridgehead atoms. The largest absolute Gasteiger partial charge is 0.161 e. The van der Waals surface area contributed by atoms with Crippen molar-refractivity contribution in [1.29, 1.82) is 0 Å². The van der Waals surface area contributed by atoms with E-state index < -0.39 is 0 Å². The van der Waals surface area contributed by atoms with Gasteiger partial charge in [0.1, 0.15) is 0 Å². The van der Waals surface area contributed by atoms with Crippen LogP contribution in [0.25, 0.3) is 0 Å². The zero-order chi connectivity index (χ0) is 12.5. The van der Waals surface area contributed by atoms with Gasteiger partial charge in [0.2, 0.25) is 0 Å². The molecule has 2 rings (SSSR count). The Balaban J connectivity index is 1.39. The third-order valence-corrected chi connectivity index (χ3v) is 7.19. The van der Waals surface area contributed by atoms with Gasteiger partial charge in [-0.25, -0.2) is 0 Å². The van der Waals surface area contributed by atoms with E-state index in [1.807, 2.05) is 0 Å². The third kappa shape index (κ3) is 6.23. The van der Waals surface area contributed by atoms with E-state index >= 15 is 0 Å². The molecule has 0 aromatic heterocycles. The standard InChI is InChI=1S/C16H30S2/c1-3-7-15(8-4-1)13-17-11-12-18-14-16-9-5-2-6-10-16/h15-16H,1-14H2. The summed E-state index contributed by atoms with van der Waals surface area (Å²) in [6, 6.07) is 0. The zero-order valence-corrected chi connectivity index (χ0v) is 13.5. The maximum atomic E-state index is 2.23. The Kier molecular flexibility index (Phi) is 8.03. The number of thioether (sulfide) groups is 2. The number of rotatable bonds is 7. The summed E-state index contributed by atoms with van der Waals surface area (Å²) in [6.07, 6.45) is 15.1. The predicted molar refractivity (Wildman–Crippen MR) is 87.8 cm³/mol. The van der Waals surface area contributed by atoms with E-state index in [1.165, 1.54) is 87.2 Å². The molecule has 0 aromatic carbocycles. The van der Waals surface area contributed by atoms with Crippen LogP contribution in [0.4, 0.5) is 0 Å². The molecule has 2 fully saturated rings. The summed E-state index contributed by atoms with van der Waals surface area (Å²) in [5, 5.41) is 0. The van der Waals surface area contributed by atoms with Crippen molar-refractivity contribution >= 4 is 23.5 Å². The van der Waals surface area contributed by atoms with Crippen LogP contribution in [0.3, 0.4) is 0 Å². The van der Waals surface area contributed by atoms with E-state index in [4.69, 9.17) is 0 Å². The molecule has 0 atom stereocenters. The summed E-state index contributed by atoms with van der Waals surface area (Å²) in [5.74, 6) is 7.81. The summed E-state index contributed by atoms with van der Waals surface area (Å²) in [7, 11) is 0. The minimum atomic E-state index is 1.06. The van der Waals surface area contributed by atoms with Crippen LogP contribution in [0.1, 0.15) is 64.2 Å². The van der Waals surface area contributed by atoms with Crippen LogP contribution in [0.5, 0.6) is 0 Å². The maximum Gasteiger partial charge on any atom is 0.00236 e. The van der Waals surface area contributed by atoms with Gasteiger partial charge in [-0.3, -0.25) is 0 Å². The lowest BCUT2D eigenvalue weighted by molar-refractivity contribution is 0.390. The summed E-state index contributed by atoms with van der Waals surface area (Å²) >= 11 is 4.45. The second kappa shape index (κ2) is 9.58. The van der Waals surface area contributed by atoms with Gasteiger partial charge in [-0.05, 0) is 49.0 Å². The van der Waals surface area contributed by atoms with Crippen molar-refractivity contribution in [3.05, 3.63) is 0 Å². The topological polar surface area (TPSA) is 0 Å². The van der Waals surface area contributed by atoms with E-state index in [0.29, 0.717) is 0 Å². The van der Waals surface area contributed by atoms with Crippen molar-refractivity contribution in [2.75, 3.05) is 23.0 Å². The molecule has 0 amide bonds. The molecular weight excluding hydrogens is 256 g/mol. The first-order chi connectivity index (χ1) is 8.95. The Morgan fingerprint density at radius 3 is 1.33 bits per heavy atom. The van der Waals surface area contributed by atoms with Crippen molar-refractivity contribution in [2.45, 2.75) is 64.2 Å². The molecular formula is C16H30S2. The van der Waals surface area contributed by atoms with Gasteiger partial charge in [-0.2, -0.15) is 23.5 Å². The fourth-order valence-corrected chi connectivity index (χ4v) is 5.93. The van der Waals surface area contributed by atoms with E-state index in [0.717, 1.165) is 11.8 Å². The Hall–Kier alpha value is 0.700. The van der Waals surface area contributed by atoms with Crippen molar-refractivity contribution < 1.29 is 0 Å². The third-order valence-electron chi connectivity index (χ3n) is 4.53. The van der Waals surface area contributed by atoms with Gasteiger partial charge in [0.25, 0.3) is 0 Å². The van der Waals surface area contributed by atoms with Crippen molar-refractivity contribution in [3.8, 4) is 0 Å². The first-order valence-electron chi connectivity index (χ1n) is 8.10. The summed E-state index contributed by atoms with van der Waals surface area (Å²) in [5.41, 5.74) is 0. The Morgan fingerprint density at radius 1 is 0.556 bits per heavy atom. The average molecular weight is 287 g/mol. The lowest BCUT2D eigenvalue weighted by Gasteiger charge is -2.22. The molecule has 2 saturated carbocycles. The first kappa shape index (κ1) is 15.1. The summed E-state index contributed by atoms with van der Waals surface area (Å²) in [6.45, 7) is 0. The molecule has 0 radical (unpaired) electrons. The highest BCUT2D eigenvalue weighted by molar-refractivity contribution is 8.02. The molecule has 18 heavy (non-hydrogen) atoms. The molecule has 0 spiro atoms. The van der Waals surface area contributed by atoms with Crippen LogP contribution < -0.4 is 0 Å². The van der Waals surface area contributed by atoms with E-state index in [2.05, 4.69) is 23.5 Å². The van der Waals surface area contributed by atoms with E-state index in [1.54, 1.807) is 0 Å². The van der Waals surface area contributed by atoms with Gasteiger partial charge < -0.3 is 0 Å². The molecule has 0 heterocycles. The van der Waals surface area contributed by atoms with Crippen LogP contribution in [0.2, 0.25) is 0 Å². The van der Waals surface area contributed by atoms with Crippen LogP contribution in [-0.4, -0.2) is 23.0 Å². The second-order valence-corrected chi connectivity index (χ2v) is 8.46. The van der Waals surface area contributed by atoms with E-state index in [-0.39, 0.29) is 0 Å². The molecule has 0 N–H and O–H groups in total. The predicted octanol–water partition coefficient (Wildman–Crippen LogP) is 5.61. The monoisotopic (exact) mass is 286 g/mol. The van der Waals surface area contributed by atoms with E-state index in [9.17, 15) is 0 Å². The Morgan fingerprint density at radius 2 is 0.944 bits per heavy atom. The van der Waals surface area contributed by atoms with Crippen LogP contribution in [0, 0.1) is 11.8 Å². The van der Waals surface area contributed by atoms with Crippen molar-refractivity contribution in [3.63, 3.8) is 0 Å². The minimum Gasteiger partial charge on any atom is -0.161 e. The molecule has 0 aromatic rings. The fourth-order valence-electron chi connectivity index (χ4n) is 3.33. The normalized spacial score (nSPS) is 23.3. The Bertz CT molecular complexity index is 171. The summed E-state index contributed by atoms with van der Waals surface area (Å²) < 4.78 is 0. The highest BCUT2D eigenvalue weighted by atomic mass is 32.2. The van der Waals surface area contributed by atoms with Gasteiger partial charge >= 0.3 is 0 Å². The van der Waals surface area contributed by atoms with Gasteiger partial charge in [-0.1, -0.05) is 38.5 Å². The molecule has 0 nitrogen and oxygen atoms in total. The molecule has 106 valence electrons. The lowest BCUT2D eigenvalue weighted by Crippen LogP contribution is -2.10. The van der Waals surface area contributed by atoms with Crippen LogP contribution >= 0.6 is 23.5 Å². The molecule has 0 aliphatic heterocycles. The second-order valence-electron chi connectivity index (χ2n) is 6.16. The maximum absolute atomic E-state index is 2.23. The highest BCUT2D eigenvalue weighted by Crippen LogP contribution is 2.28. The van der Waals surface area contributed by atoms with Crippen LogP contribution in [-0.2, 0) is 0 Å². The first-order valence-corrected chi connectivity index (χ1v) is 10.4. The highest BCUT2D eigenvalue weighted by Gasteiger charge is 2.14. The van der Waals surface area contributed by atoms with Crippen molar-refractivity contribution in [2.24, 2.45) is 11.8 Å². The smallest absolute Gasteiger partial charge is 0.00236 e. The van der Waals surface area contributed by atoms with Gasteiger partial charge in [-0.15, -0.1) is 0 Å². The minimum absolute atomic E-state index is 1.06. The Labute approximate surface area is 122 Å². The molecule has 0 saturated heterocycles. The number of hydrogen-bond donors (Lipinski definition) is 0. The molecule has 2 aliphatic rings. The lowest BCUT2D eigenvalue weighted by atomic mass is 9.91.